The second-order valence-electron chi connectivity index (χ2n) is 5.66. The molecule has 0 saturated carbocycles. The zero-order chi connectivity index (χ0) is 16.3. The number of likely N-dealkylation sites (N-methyl/N-ethyl adjacent to an activating group) is 1. The maximum atomic E-state index is 12.9. The summed E-state index contributed by atoms with van der Waals surface area (Å²) < 4.78 is 37.7. The fourth-order valence-corrected chi connectivity index (χ4v) is 3.87. The molecule has 0 aliphatic carbocycles. The smallest absolute Gasteiger partial charge is 0.223 e. The summed E-state index contributed by atoms with van der Waals surface area (Å²) in [4.78, 5) is 13.9. The Morgan fingerprint density at radius 1 is 1.41 bits per heavy atom. The molecular formula is C15H21FN2O3S. The number of rotatable bonds is 5. The number of sulfone groups is 1. The van der Waals surface area contributed by atoms with E-state index in [-0.39, 0.29) is 23.3 Å². The number of halogens is 1. The molecule has 0 radical (unpaired) electrons. The van der Waals surface area contributed by atoms with E-state index in [0.29, 0.717) is 0 Å². The van der Waals surface area contributed by atoms with Crippen molar-refractivity contribution in [3.63, 3.8) is 0 Å². The van der Waals surface area contributed by atoms with Crippen LogP contribution in [0.3, 0.4) is 0 Å². The van der Waals surface area contributed by atoms with Crippen molar-refractivity contribution in [3.8, 4) is 0 Å². The van der Waals surface area contributed by atoms with Crippen molar-refractivity contribution < 1.29 is 17.6 Å². The molecule has 2 atom stereocenters. The van der Waals surface area contributed by atoms with Crippen LogP contribution in [0.15, 0.2) is 29.2 Å². The maximum Gasteiger partial charge on any atom is 0.223 e. The Kier molecular flexibility index (Phi) is 5.18. The molecule has 1 aromatic carbocycles. The molecule has 5 nitrogen and oxygen atoms in total. The van der Waals surface area contributed by atoms with E-state index in [1.807, 2.05) is 0 Å². The van der Waals surface area contributed by atoms with E-state index >= 15 is 0 Å². The summed E-state index contributed by atoms with van der Waals surface area (Å²) in [6, 6.07) is 4.80. The van der Waals surface area contributed by atoms with Crippen LogP contribution in [-0.4, -0.2) is 50.7 Å². The van der Waals surface area contributed by atoms with Crippen LogP contribution >= 0.6 is 0 Å². The second-order valence-corrected chi connectivity index (χ2v) is 8.03. The van der Waals surface area contributed by atoms with Crippen LogP contribution in [0.1, 0.15) is 19.8 Å². The molecule has 22 heavy (non-hydrogen) atoms. The zero-order valence-electron chi connectivity index (χ0n) is 12.8. The highest BCUT2D eigenvalue weighted by molar-refractivity contribution is 7.92. The number of nitrogens with zero attached hydrogens (tertiary/aromatic N) is 1. The SMILES string of the molecule is CC(CC(=O)N(C)C1CCNC1)S(=O)(=O)c1ccc(F)cc1. The van der Waals surface area contributed by atoms with Gasteiger partial charge in [-0.3, -0.25) is 4.79 Å². The van der Waals surface area contributed by atoms with E-state index in [1.54, 1.807) is 11.9 Å². The summed E-state index contributed by atoms with van der Waals surface area (Å²) in [6.07, 6.45) is 0.800. The lowest BCUT2D eigenvalue weighted by Gasteiger charge is -2.25. The molecule has 1 heterocycles. The highest BCUT2D eigenvalue weighted by Crippen LogP contribution is 2.20. The lowest BCUT2D eigenvalue weighted by Crippen LogP contribution is -2.40. The van der Waals surface area contributed by atoms with E-state index in [0.717, 1.165) is 31.6 Å². The predicted octanol–water partition coefficient (Wildman–Crippen LogP) is 1.20. The first-order valence-corrected chi connectivity index (χ1v) is 8.83. The lowest BCUT2D eigenvalue weighted by atomic mass is 10.2. The van der Waals surface area contributed by atoms with Gasteiger partial charge in [0.1, 0.15) is 5.82 Å². The van der Waals surface area contributed by atoms with Crippen LogP contribution in [0.25, 0.3) is 0 Å². The Morgan fingerprint density at radius 3 is 2.59 bits per heavy atom. The van der Waals surface area contributed by atoms with Crippen LogP contribution in [0.2, 0.25) is 0 Å². The number of amides is 1. The summed E-state index contributed by atoms with van der Waals surface area (Å²) in [5.74, 6) is -0.678. The first-order chi connectivity index (χ1) is 10.3. The van der Waals surface area contributed by atoms with Gasteiger partial charge in [-0.15, -0.1) is 0 Å². The van der Waals surface area contributed by atoms with Crippen molar-refractivity contribution in [3.05, 3.63) is 30.1 Å². The molecule has 1 saturated heterocycles. The predicted molar refractivity (Wildman–Crippen MR) is 81.7 cm³/mol. The third kappa shape index (κ3) is 3.64. The summed E-state index contributed by atoms with van der Waals surface area (Å²) >= 11 is 0. The Hall–Kier alpha value is -1.47. The third-order valence-corrected chi connectivity index (χ3v) is 6.26. The number of carbonyl (C=O) groups is 1. The highest BCUT2D eigenvalue weighted by Gasteiger charge is 2.29. The molecule has 0 aromatic heterocycles. The summed E-state index contributed by atoms with van der Waals surface area (Å²) in [7, 11) is -1.93. The van der Waals surface area contributed by atoms with E-state index in [9.17, 15) is 17.6 Å². The van der Waals surface area contributed by atoms with Crippen molar-refractivity contribution >= 4 is 15.7 Å². The molecule has 2 rings (SSSR count). The molecule has 1 N–H and O–H groups in total. The highest BCUT2D eigenvalue weighted by atomic mass is 32.2. The van der Waals surface area contributed by atoms with E-state index in [2.05, 4.69) is 5.32 Å². The maximum absolute atomic E-state index is 12.9. The van der Waals surface area contributed by atoms with Crippen LogP contribution in [-0.2, 0) is 14.6 Å². The second kappa shape index (κ2) is 6.75. The summed E-state index contributed by atoms with van der Waals surface area (Å²) in [5, 5.41) is 2.33. The van der Waals surface area contributed by atoms with Crippen LogP contribution in [0.5, 0.6) is 0 Å². The number of hydrogen-bond donors (Lipinski definition) is 1. The van der Waals surface area contributed by atoms with Gasteiger partial charge < -0.3 is 10.2 Å². The first kappa shape index (κ1) is 16.9. The molecule has 1 aliphatic rings. The number of benzene rings is 1. The minimum absolute atomic E-state index is 0.0411. The molecule has 7 heteroatoms. The Balaban J connectivity index is 2.05. The van der Waals surface area contributed by atoms with Crippen LogP contribution < -0.4 is 5.32 Å². The molecule has 2 unspecified atom stereocenters. The standard InChI is InChI=1S/C15H21FN2O3S/c1-11(9-15(19)18(2)13-7-8-17-10-13)22(20,21)14-5-3-12(16)4-6-14/h3-6,11,13,17H,7-10H2,1-2H3. The van der Waals surface area contributed by atoms with E-state index < -0.39 is 20.9 Å². The van der Waals surface area contributed by atoms with Gasteiger partial charge in [0.25, 0.3) is 0 Å². The summed E-state index contributed by atoms with van der Waals surface area (Å²) in [5.41, 5.74) is 0. The molecule has 0 spiro atoms. The van der Waals surface area contributed by atoms with Gasteiger partial charge in [-0.05, 0) is 44.2 Å². The van der Waals surface area contributed by atoms with Gasteiger partial charge in [-0.25, -0.2) is 12.8 Å². The van der Waals surface area contributed by atoms with Gasteiger partial charge in [0.2, 0.25) is 5.91 Å². The fraction of sp³-hybridized carbons (Fsp3) is 0.533. The third-order valence-electron chi connectivity index (χ3n) is 4.11. The molecule has 122 valence electrons. The van der Waals surface area contributed by atoms with Crippen molar-refractivity contribution in [2.45, 2.75) is 36.0 Å². The Labute approximate surface area is 130 Å². The largest absolute Gasteiger partial charge is 0.341 e. The van der Waals surface area contributed by atoms with Gasteiger partial charge in [0.05, 0.1) is 10.1 Å². The van der Waals surface area contributed by atoms with Gasteiger partial charge in [-0.1, -0.05) is 0 Å². The van der Waals surface area contributed by atoms with Gasteiger partial charge in [-0.2, -0.15) is 0 Å². The lowest BCUT2D eigenvalue weighted by molar-refractivity contribution is -0.131. The van der Waals surface area contributed by atoms with Gasteiger partial charge in [0, 0.05) is 26.1 Å². The quantitative estimate of drug-likeness (QED) is 0.825. The molecule has 1 aliphatic heterocycles. The molecular weight excluding hydrogens is 307 g/mol. The van der Waals surface area contributed by atoms with Crippen LogP contribution in [0.4, 0.5) is 4.39 Å². The normalized spacial score (nSPS) is 19.9. The topological polar surface area (TPSA) is 66.5 Å². The van der Waals surface area contributed by atoms with Crippen molar-refractivity contribution in [1.29, 1.82) is 0 Å². The van der Waals surface area contributed by atoms with Gasteiger partial charge >= 0.3 is 0 Å². The first-order valence-electron chi connectivity index (χ1n) is 7.28. The molecule has 1 amide bonds. The fourth-order valence-electron chi connectivity index (χ4n) is 2.53. The van der Waals surface area contributed by atoms with E-state index in [1.165, 1.54) is 19.1 Å². The number of nitrogens with one attached hydrogen (secondary N) is 1. The number of carbonyl (C=O) groups excluding carboxylic acids is 1. The monoisotopic (exact) mass is 328 g/mol. The summed E-state index contributed by atoms with van der Waals surface area (Å²) in [6.45, 7) is 3.12. The van der Waals surface area contributed by atoms with Crippen molar-refractivity contribution in [1.82, 2.24) is 10.2 Å². The average molecular weight is 328 g/mol. The Bertz CT molecular complexity index is 625. The van der Waals surface area contributed by atoms with E-state index in [4.69, 9.17) is 0 Å². The van der Waals surface area contributed by atoms with Crippen molar-refractivity contribution in [2.75, 3.05) is 20.1 Å². The van der Waals surface area contributed by atoms with Crippen LogP contribution in [0, 0.1) is 5.82 Å². The average Bonchev–Trinajstić information content (AvgIpc) is 3.00. The van der Waals surface area contributed by atoms with Crippen molar-refractivity contribution in [2.24, 2.45) is 0 Å². The Morgan fingerprint density at radius 2 is 2.05 bits per heavy atom. The molecule has 0 bridgehead atoms. The minimum Gasteiger partial charge on any atom is -0.341 e. The zero-order valence-corrected chi connectivity index (χ0v) is 13.6. The number of hydrogen-bond acceptors (Lipinski definition) is 4. The minimum atomic E-state index is -3.64. The molecule has 1 fully saturated rings. The molecule has 1 aromatic rings. The van der Waals surface area contributed by atoms with Gasteiger partial charge in [0.15, 0.2) is 9.84 Å².